The number of aromatic nitrogens is 1. The van der Waals surface area contributed by atoms with Gasteiger partial charge in [0, 0.05) is 24.5 Å². The highest BCUT2D eigenvalue weighted by Crippen LogP contribution is 2.41. The van der Waals surface area contributed by atoms with Gasteiger partial charge < -0.3 is 19.5 Å². The number of ether oxygens (including phenoxy) is 2. The Balaban J connectivity index is 1.48. The molecule has 196 valence electrons. The first kappa shape index (κ1) is 25.7. The Hall–Kier alpha value is -4.91. The highest BCUT2D eigenvalue weighted by molar-refractivity contribution is 6.46. The lowest BCUT2D eigenvalue weighted by molar-refractivity contribution is -0.140. The van der Waals surface area contributed by atoms with Gasteiger partial charge in [0.25, 0.3) is 11.7 Å². The molecule has 1 unspecified atom stereocenters. The summed E-state index contributed by atoms with van der Waals surface area (Å²) >= 11 is 0. The smallest absolute Gasteiger partial charge is 0.295 e. The van der Waals surface area contributed by atoms with Crippen LogP contribution < -0.4 is 9.47 Å². The number of rotatable bonds is 8. The van der Waals surface area contributed by atoms with Crippen LogP contribution in [0.25, 0.3) is 5.76 Å². The number of hydrogen-bond donors (Lipinski definition) is 1. The van der Waals surface area contributed by atoms with Crippen LogP contribution in [0.15, 0.2) is 103 Å². The quantitative estimate of drug-likeness (QED) is 0.185. The highest BCUT2D eigenvalue weighted by Gasteiger charge is 2.46. The number of hydrogen-bond acceptors (Lipinski definition) is 6. The van der Waals surface area contributed by atoms with E-state index in [2.05, 4.69) is 11.1 Å². The second kappa shape index (κ2) is 11.2. The largest absolute Gasteiger partial charge is 0.507 e. The van der Waals surface area contributed by atoms with Crippen molar-refractivity contribution in [3.63, 3.8) is 0 Å². The normalized spacial score (nSPS) is 16.4. The van der Waals surface area contributed by atoms with Crippen molar-refractivity contribution >= 4 is 17.4 Å². The summed E-state index contributed by atoms with van der Waals surface area (Å²) in [6.07, 6.45) is 3.29. The first-order valence-corrected chi connectivity index (χ1v) is 12.5. The molecule has 1 aliphatic rings. The summed E-state index contributed by atoms with van der Waals surface area (Å²) in [4.78, 5) is 32.2. The summed E-state index contributed by atoms with van der Waals surface area (Å²) in [7, 11) is 1.55. The topological polar surface area (TPSA) is 89.0 Å². The van der Waals surface area contributed by atoms with E-state index in [1.165, 1.54) is 4.90 Å². The van der Waals surface area contributed by atoms with E-state index in [0.717, 1.165) is 16.7 Å². The lowest BCUT2D eigenvalue weighted by Gasteiger charge is -2.25. The first-order valence-electron chi connectivity index (χ1n) is 12.5. The number of aliphatic hydroxyl groups is 1. The molecule has 1 saturated heterocycles. The molecule has 1 amide bonds. The number of ketones is 1. The first-order chi connectivity index (χ1) is 18.9. The van der Waals surface area contributed by atoms with E-state index in [9.17, 15) is 14.7 Å². The van der Waals surface area contributed by atoms with Gasteiger partial charge in [-0.25, -0.2) is 0 Å². The van der Waals surface area contributed by atoms with Gasteiger partial charge in [0.2, 0.25) is 0 Å². The van der Waals surface area contributed by atoms with Crippen molar-refractivity contribution in [2.24, 2.45) is 0 Å². The minimum atomic E-state index is -0.808. The maximum absolute atomic E-state index is 13.3. The van der Waals surface area contributed by atoms with Crippen LogP contribution in [0.4, 0.5) is 0 Å². The molecule has 0 bridgehead atoms. The van der Waals surface area contributed by atoms with E-state index >= 15 is 0 Å². The van der Waals surface area contributed by atoms with Crippen LogP contribution >= 0.6 is 0 Å². The van der Waals surface area contributed by atoms with Crippen molar-refractivity contribution < 1.29 is 24.2 Å². The molecule has 39 heavy (non-hydrogen) atoms. The average Bonchev–Trinajstić information content (AvgIpc) is 3.21. The standard InChI is InChI=1S/C32H28N2O5/c1-21-6-3-7-22(16-21)20-39-26-13-11-24(12-14-26)30(35)28-29(25-9-4-10-27(17-25)38-2)34(32(37)31(28)36)19-23-8-5-15-33-18-23/h3-18,29,35H,19-20H2,1-2H3/b30-28-. The molecule has 7 heteroatoms. The summed E-state index contributed by atoms with van der Waals surface area (Å²) in [6, 6.07) is 24.8. The predicted molar refractivity (Wildman–Crippen MR) is 147 cm³/mol. The van der Waals surface area contributed by atoms with E-state index in [1.807, 2.05) is 37.3 Å². The Kier molecular flexibility index (Phi) is 7.41. The number of carbonyl (C=O) groups is 2. The van der Waals surface area contributed by atoms with Crippen molar-refractivity contribution in [2.75, 3.05) is 7.11 Å². The molecular weight excluding hydrogens is 492 g/mol. The zero-order valence-electron chi connectivity index (χ0n) is 21.7. The zero-order valence-corrected chi connectivity index (χ0v) is 21.7. The summed E-state index contributed by atoms with van der Waals surface area (Å²) in [5.74, 6) is -0.487. The predicted octanol–water partition coefficient (Wildman–Crippen LogP) is 5.60. The van der Waals surface area contributed by atoms with Crippen molar-refractivity contribution in [1.29, 1.82) is 0 Å². The molecule has 0 aliphatic carbocycles. The zero-order chi connectivity index (χ0) is 27.4. The third-order valence-electron chi connectivity index (χ3n) is 6.64. The molecule has 3 aromatic carbocycles. The van der Waals surface area contributed by atoms with E-state index in [-0.39, 0.29) is 17.9 Å². The number of amides is 1. The number of aryl methyl sites for hydroxylation is 1. The van der Waals surface area contributed by atoms with Crippen LogP contribution in [0.3, 0.4) is 0 Å². The number of carbonyl (C=O) groups excluding carboxylic acids is 2. The lowest BCUT2D eigenvalue weighted by atomic mass is 9.95. The van der Waals surface area contributed by atoms with Gasteiger partial charge in [-0.15, -0.1) is 0 Å². The van der Waals surface area contributed by atoms with E-state index in [0.29, 0.717) is 29.2 Å². The van der Waals surface area contributed by atoms with Crippen LogP contribution in [0.2, 0.25) is 0 Å². The average molecular weight is 521 g/mol. The summed E-state index contributed by atoms with van der Waals surface area (Å²) in [5, 5.41) is 11.4. The molecule has 2 heterocycles. The van der Waals surface area contributed by atoms with Gasteiger partial charge in [-0.3, -0.25) is 14.6 Å². The fraction of sp³-hybridized carbons (Fsp3) is 0.156. The minimum Gasteiger partial charge on any atom is -0.507 e. The number of aliphatic hydroxyl groups excluding tert-OH is 1. The molecule has 1 aliphatic heterocycles. The molecule has 1 N–H and O–H groups in total. The van der Waals surface area contributed by atoms with Crippen molar-refractivity contribution in [1.82, 2.24) is 9.88 Å². The molecule has 0 radical (unpaired) electrons. The van der Waals surface area contributed by atoms with Crippen LogP contribution in [-0.4, -0.2) is 33.8 Å². The second-order valence-electron chi connectivity index (χ2n) is 9.37. The van der Waals surface area contributed by atoms with Crippen molar-refractivity contribution in [3.05, 3.63) is 131 Å². The lowest BCUT2D eigenvalue weighted by Crippen LogP contribution is -2.29. The van der Waals surface area contributed by atoms with Crippen LogP contribution in [0.1, 0.15) is 33.9 Å². The minimum absolute atomic E-state index is 0.0190. The molecule has 7 nitrogen and oxygen atoms in total. The highest BCUT2D eigenvalue weighted by atomic mass is 16.5. The molecule has 0 spiro atoms. The maximum atomic E-state index is 13.3. The number of benzene rings is 3. The van der Waals surface area contributed by atoms with Gasteiger partial charge >= 0.3 is 0 Å². The fourth-order valence-corrected chi connectivity index (χ4v) is 4.72. The monoisotopic (exact) mass is 520 g/mol. The molecule has 1 aromatic heterocycles. The Morgan fingerprint density at radius 1 is 0.923 bits per heavy atom. The number of methoxy groups -OCH3 is 1. The van der Waals surface area contributed by atoms with Gasteiger partial charge in [-0.1, -0.05) is 48.0 Å². The summed E-state index contributed by atoms with van der Waals surface area (Å²) in [5.41, 5.74) is 4.05. The SMILES string of the molecule is COc1cccc(C2/C(=C(/O)c3ccc(OCc4cccc(C)c4)cc3)C(=O)C(=O)N2Cc2cccnc2)c1. The molecule has 4 aromatic rings. The van der Waals surface area contributed by atoms with Gasteiger partial charge in [0.05, 0.1) is 18.7 Å². The van der Waals surface area contributed by atoms with E-state index in [1.54, 1.807) is 68.0 Å². The van der Waals surface area contributed by atoms with Crippen LogP contribution in [-0.2, 0) is 22.7 Å². The Labute approximate surface area is 227 Å². The summed E-state index contributed by atoms with van der Waals surface area (Å²) < 4.78 is 11.3. The Morgan fingerprint density at radius 3 is 2.41 bits per heavy atom. The number of pyridine rings is 1. The fourth-order valence-electron chi connectivity index (χ4n) is 4.72. The third kappa shape index (κ3) is 5.52. The number of likely N-dealkylation sites (tertiary alicyclic amines) is 1. The van der Waals surface area contributed by atoms with Crippen LogP contribution in [0, 0.1) is 6.92 Å². The van der Waals surface area contributed by atoms with Crippen LogP contribution in [0.5, 0.6) is 11.5 Å². The number of Topliss-reactive ketones (excluding diaryl/α,β-unsaturated/α-hetero) is 1. The molecular formula is C32H28N2O5. The summed E-state index contributed by atoms with van der Waals surface area (Å²) in [6.45, 7) is 2.59. The maximum Gasteiger partial charge on any atom is 0.295 e. The van der Waals surface area contributed by atoms with Gasteiger partial charge in [-0.2, -0.15) is 0 Å². The Bertz CT molecular complexity index is 1530. The molecule has 5 rings (SSSR count). The molecule has 1 atom stereocenters. The second-order valence-corrected chi connectivity index (χ2v) is 9.37. The van der Waals surface area contributed by atoms with Gasteiger partial charge in [-0.05, 0) is 66.1 Å². The molecule has 1 fully saturated rings. The van der Waals surface area contributed by atoms with E-state index in [4.69, 9.17) is 9.47 Å². The van der Waals surface area contributed by atoms with Crippen molar-refractivity contribution in [2.45, 2.75) is 26.1 Å². The van der Waals surface area contributed by atoms with Crippen molar-refractivity contribution in [3.8, 4) is 11.5 Å². The van der Waals surface area contributed by atoms with E-state index < -0.39 is 17.7 Å². The van der Waals surface area contributed by atoms with Gasteiger partial charge in [0.15, 0.2) is 0 Å². The number of nitrogens with zero attached hydrogens (tertiary/aromatic N) is 2. The molecule has 0 saturated carbocycles. The van der Waals surface area contributed by atoms with Gasteiger partial charge in [0.1, 0.15) is 23.9 Å². The Morgan fingerprint density at radius 2 is 1.69 bits per heavy atom. The third-order valence-corrected chi connectivity index (χ3v) is 6.64.